The maximum absolute atomic E-state index is 11.8. The number of urea groups is 1. The van der Waals surface area contributed by atoms with Crippen LogP contribution in [-0.4, -0.2) is 22.1 Å². The maximum Gasteiger partial charge on any atom is 0.337 e. The lowest BCUT2D eigenvalue weighted by atomic mass is 10.2. The summed E-state index contributed by atoms with van der Waals surface area (Å²) in [6.45, 7) is 1.82. The predicted octanol–water partition coefficient (Wildman–Crippen LogP) is 3.56. The van der Waals surface area contributed by atoms with Crippen molar-refractivity contribution < 1.29 is 14.7 Å². The number of aryl methyl sites for hydroxylation is 1. The van der Waals surface area contributed by atoms with Crippen molar-refractivity contribution in [3.63, 3.8) is 0 Å². The Hall–Kier alpha value is -1.93. The number of aromatic carboxylic acids is 1. The zero-order chi connectivity index (χ0) is 14.7. The van der Waals surface area contributed by atoms with Gasteiger partial charge in [-0.2, -0.15) is 0 Å². The molecule has 0 saturated heterocycles. The van der Waals surface area contributed by atoms with Gasteiger partial charge in [0.2, 0.25) is 0 Å². The first kappa shape index (κ1) is 14.5. The summed E-state index contributed by atoms with van der Waals surface area (Å²) in [5.74, 6) is -1.11. The Kier molecular flexibility index (Phi) is 4.35. The van der Waals surface area contributed by atoms with Gasteiger partial charge in [0.25, 0.3) is 0 Å². The largest absolute Gasteiger partial charge is 0.478 e. The van der Waals surface area contributed by atoms with Gasteiger partial charge in [-0.05, 0) is 25.1 Å². The average molecular weight is 356 g/mol. The third-order valence-electron chi connectivity index (χ3n) is 2.30. The number of amides is 2. The number of carbonyl (C=O) groups is 2. The van der Waals surface area contributed by atoms with Crippen molar-refractivity contribution in [2.24, 2.45) is 0 Å². The third-order valence-corrected chi connectivity index (χ3v) is 3.67. The van der Waals surface area contributed by atoms with Crippen LogP contribution in [0.25, 0.3) is 0 Å². The van der Waals surface area contributed by atoms with Crippen LogP contribution in [0.15, 0.2) is 28.1 Å². The molecule has 0 bridgehead atoms. The van der Waals surface area contributed by atoms with Crippen molar-refractivity contribution in [3.8, 4) is 0 Å². The SMILES string of the molecule is Cc1csc(NC(=O)Nc2cc(Br)ccc2C(=O)O)n1. The smallest absolute Gasteiger partial charge is 0.337 e. The van der Waals surface area contributed by atoms with Gasteiger partial charge in [0.15, 0.2) is 5.13 Å². The molecule has 0 aliphatic heterocycles. The lowest BCUT2D eigenvalue weighted by Crippen LogP contribution is -2.21. The number of benzene rings is 1. The predicted molar refractivity (Wildman–Crippen MR) is 80.6 cm³/mol. The monoisotopic (exact) mass is 355 g/mol. The highest BCUT2D eigenvalue weighted by molar-refractivity contribution is 9.10. The van der Waals surface area contributed by atoms with Crippen LogP contribution in [0.1, 0.15) is 16.1 Å². The molecular weight excluding hydrogens is 346 g/mol. The number of aromatic nitrogens is 1. The second-order valence-electron chi connectivity index (χ2n) is 3.87. The molecule has 2 amide bonds. The van der Waals surface area contributed by atoms with E-state index in [1.807, 2.05) is 6.92 Å². The first-order valence-electron chi connectivity index (χ1n) is 5.48. The van der Waals surface area contributed by atoms with Gasteiger partial charge in [0.1, 0.15) is 0 Å². The molecule has 0 fully saturated rings. The number of anilines is 2. The minimum absolute atomic E-state index is 0.0127. The van der Waals surface area contributed by atoms with Gasteiger partial charge in [0, 0.05) is 9.85 Å². The number of thiazole rings is 1. The molecular formula is C12H10BrN3O3S. The van der Waals surface area contributed by atoms with Gasteiger partial charge in [-0.15, -0.1) is 11.3 Å². The first-order valence-corrected chi connectivity index (χ1v) is 7.16. The number of nitrogens with one attached hydrogen (secondary N) is 2. The molecule has 1 aromatic heterocycles. The van der Waals surface area contributed by atoms with Gasteiger partial charge in [0.05, 0.1) is 16.9 Å². The topological polar surface area (TPSA) is 91.3 Å². The summed E-state index contributed by atoms with van der Waals surface area (Å²) in [5, 5.41) is 16.4. The van der Waals surface area contributed by atoms with Crippen LogP contribution < -0.4 is 10.6 Å². The van der Waals surface area contributed by atoms with Crippen molar-refractivity contribution in [2.75, 3.05) is 10.6 Å². The minimum Gasteiger partial charge on any atom is -0.478 e. The molecule has 2 rings (SSSR count). The number of rotatable bonds is 3. The highest BCUT2D eigenvalue weighted by Gasteiger charge is 2.13. The number of carboxylic acid groups (broad SMARTS) is 1. The second-order valence-corrected chi connectivity index (χ2v) is 5.64. The second kappa shape index (κ2) is 6.02. The van der Waals surface area contributed by atoms with Crippen LogP contribution in [0.3, 0.4) is 0 Å². The van der Waals surface area contributed by atoms with E-state index in [-0.39, 0.29) is 11.3 Å². The minimum atomic E-state index is -1.11. The third kappa shape index (κ3) is 3.55. The van der Waals surface area contributed by atoms with Crippen LogP contribution in [0.4, 0.5) is 15.6 Å². The van der Waals surface area contributed by atoms with E-state index in [1.54, 1.807) is 11.4 Å². The molecule has 0 aliphatic rings. The molecule has 20 heavy (non-hydrogen) atoms. The van der Waals surface area contributed by atoms with Crippen molar-refractivity contribution in [2.45, 2.75) is 6.92 Å². The van der Waals surface area contributed by atoms with Crippen molar-refractivity contribution in [1.82, 2.24) is 4.98 Å². The van der Waals surface area contributed by atoms with Crippen molar-refractivity contribution in [3.05, 3.63) is 39.3 Å². The molecule has 0 radical (unpaired) electrons. The van der Waals surface area contributed by atoms with Gasteiger partial charge in [-0.3, -0.25) is 5.32 Å². The molecule has 8 heteroatoms. The Morgan fingerprint density at radius 2 is 2.10 bits per heavy atom. The number of halogens is 1. The van der Waals surface area contributed by atoms with E-state index in [2.05, 4.69) is 31.5 Å². The summed E-state index contributed by atoms with van der Waals surface area (Å²) in [4.78, 5) is 27.0. The van der Waals surface area contributed by atoms with E-state index < -0.39 is 12.0 Å². The van der Waals surface area contributed by atoms with E-state index in [9.17, 15) is 9.59 Å². The fourth-order valence-electron chi connectivity index (χ4n) is 1.47. The molecule has 2 aromatic rings. The molecule has 0 saturated carbocycles. The molecule has 0 spiro atoms. The normalized spacial score (nSPS) is 10.1. The van der Waals surface area contributed by atoms with Gasteiger partial charge in [-0.1, -0.05) is 15.9 Å². The van der Waals surface area contributed by atoms with E-state index in [1.165, 1.54) is 23.5 Å². The van der Waals surface area contributed by atoms with Gasteiger partial charge < -0.3 is 10.4 Å². The van der Waals surface area contributed by atoms with Gasteiger partial charge >= 0.3 is 12.0 Å². The summed E-state index contributed by atoms with van der Waals surface area (Å²) < 4.78 is 0.669. The number of nitrogens with zero attached hydrogens (tertiary/aromatic N) is 1. The quantitative estimate of drug-likeness (QED) is 0.784. The van der Waals surface area contributed by atoms with Crippen LogP contribution in [0.2, 0.25) is 0 Å². The Labute approximate surface area is 127 Å². The van der Waals surface area contributed by atoms with Crippen LogP contribution >= 0.6 is 27.3 Å². The highest BCUT2D eigenvalue weighted by Crippen LogP contribution is 2.22. The van der Waals surface area contributed by atoms with E-state index in [0.717, 1.165) is 5.69 Å². The van der Waals surface area contributed by atoms with Gasteiger partial charge in [-0.25, -0.2) is 14.6 Å². The number of carbonyl (C=O) groups excluding carboxylic acids is 1. The van der Waals surface area contributed by atoms with Crippen LogP contribution in [0, 0.1) is 6.92 Å². The molecule has 0 aliphatic carbocycles. The summed E-state index contributed by atoms with van der Waals surface area (Å²) in [5.41, 5.74) is 1.02. The maximum atomic E-state index is 11.8. The van der Waals surface area contributed by atoms with Crippen LogP contribution in [-0.2, 0) is 0 Å². The number of hydrogen-bond acceptors (Lipinski definition) is 4. The van der Waals surface area contributed by atoms with Crippen molar-refractivity contribution >= 4 is 50.1 Å². The molecule has 1 aromatic carbocycles. The lowest BCUT2D eigenvalue weighted by Gasteiger charge is -2.09. The standard InChI is InChI=1S/C12H10BrN3O3S/c1-6-5-20-12(14-6)16-11(19)15-9-4-7(13)2-3-8(9)10(17)18/h2-5H,1H3,(H,17,18)(H2,14,15,16,19). The Morgan fingerprint density at radius 3 is 2.70 bits per heavy atom. The highest BCUT2D eigenvalue weighted by atomic mass is 79.9. The van der Waals surface area contributed by atoms with E-state index in [0.29, 0.717) is 9.60 Å². The summed E-state index contributed by atoms with van der Waals surface area (Å²) in [6, 6.07) is 3.99. The van der Waals surface area contributed by atoms with E-state index in [4.69, 9.17) is 5.11 Å². The molecule has 1 heterocycles. The number of hydrogen-bond donors (Lipinski definition) is 3. The van der Waals surface area contributed by atoms with Crippen molar-refractivity contribution in [1.29, 1.82) is 0 Å². The lowest BCUT2D eigenvalue weighted by molar-refractivity contribution is 0.0698. The molecule has 104 valence electrons. The molecule has 0 atom stereocenters. The zero-order valence-electron chi connectivity index (χ0n) is 10.3. The van der Waals surface area contributed by atoms with E-state index >= 15 is 0 Å². The first-order chi connectivity index (χ1) is 9.45. The fourth-order valence-corrected chi connectivity index (χ4v) is 2.51. The number of carboxylic acids is 1. The zero-order valence-corrected chi connectivity index (χ0v) is 12.7. The van der Waals surface area contributed by atoms with Crippen LogP contribution in [0.5, 0.6) is 0 Å². The molecule has 3 N–H and O–H groups in total. The Morgan fingerprint density at radius 1 is 1.35 bits per heavy atom. The molecule has 0 unspecified atom stereocenters. The Balaban J connectivity index is 2.15. The Bertz CT molecular complexity index is 672. The summed E-state index contributed by atoms with van der Waals surface area (Å²) >= 11 is 4.52. The summed E-state index contributed by atoms with van der Waals surface area (Å²) in [7, 11) is 0. The average Bonchev–Trinajstić information content (AvgIpc) is 2.74. The summed E-state index contributed by atoms with van der Waals surface area (Å²) in [6.07, 6.45) is 0. The molecule has 6 nitrogen and oxygen atoms in total. The fraction of sp³-hybridized carbons (Fsp3) is 0.0833.